The Morgan fingerprint density at radius 2 is 1.72 bits per heavy atom. The van der Waals surface area contributed by atoms with Gasteiger partial charge in [0, 0.05) is 79.6 Å². The molecule has 3 saturated heterocycles. The first-order valence-corrected chi connectivity index (χ1v) is 25.3. The van der Waals surface area contributed by atoms with Crippen LogP contribution in [-0.4, -0.2) is 103 Å². The molecule has 69 heavy (non-hydrogen) atoms. The second-order valence-electron chi connectivity index (χ2n) is 18.4. The molecule has 0 bridgehead atoms. The Hall–Kier alpha value is -6.02. The van der Waals surface area contributed by atoms with Gasteiger partial charge in [-0.1, -0.05) is 54.2 Å². The van der Waals surface area contributed by atoms with Crippen molar-refractivity contribution in [2.24, 2.45) is 7.05 Å². The zero-order chi connectivity index (χ0) is 49.1. The molecule has 3 aromatic carbocycles. The number of imidazole rings is 1. The summed E-state index contributed by atoms with van der Waals surface area (Å²) < 4.78 is 10.7. The number of aromatic carboxylic acids is 1. The number of aromatic nitrogens is 2. The molecule has 4 aliphatic rings. The summed E-state index contributed by atoms with van der Waals surface area (Å²) in [5.74, 6) is -2.43. The third-order valence-corrected chi connectivity index (χ3v) is 16.4. The number of aryl methyl sites for hydroxylation is 2. The monoisotopic (exact) mass is 1000 g/mol. The number of hydrogen-bond donors (Lipinski definition) is 5. The number of likely N-dealkylation sites (tertiary alicyclic amines) is 1. The SMILES string of the molecule is Cn1c(=O)n(C2CCC(=O)NC2=O)c2ccc3c(c21)CCCN3C1CCN(C(=O)Nc2cccc(CSN3CCCCC3(C)C)c2)CC1.Nc1cccc(-c2sc(C(=O)O)c(OCC(=O)O)c2Cl)c1. The number of thiophene rings is 1. The zero-order valence-electron chi connectivity index (χ0n) is 38.8. The summed E-state index contributed by atoms with van der Waals surface area (Å²) >= 11 is 8.93. The normalized spacial score (nSPS) is 18.5. The number of carboxylic acid groups (broad SMARTS) is 2. The number of amides is 4. The van der Waals surface area contributed by atoms with Crippen LogP contribution in [0.25, 0.3) is 21.5 Å². The van der Waals surface area contributed by atoms with Crippen LogP contribution in [0, 0.1) is 0 Å². The number of aliphatic carboxylic acids is 1. The average molecular weight is 1000 g/mol. The molecule has 6 heterocycles. The highest BCUT2D eigenvalue weighted by molar-refractivity contribution is 7.96. The number of carbonyl (C=O) groups excluding carboxylic acids is 3. The molecule has 3 fully saturated rings. The maximum atomic E-state index is 13.5. The van der Waals surface area contributed by atoms with Gasteiger partial charge in [-0.25, -0.2) is 23.5 Å². The number of carboxylic acids is 2. The van der Waals surface area contributed by atoms with Gasteiger partial charge < -0.3 is 35.8 Å². The van der Waals surface area contributed by atoms with E-state index in [1.165, 1.54) is 24.8 Å². The van der Waals surface area contributed by atoms with E-state index in [-0.39, 0.29) is 45.2 Å². The van der Waals surface area contributed by atoms with Crippen LogP contribution in [0.5, 0.6) is 5.75 Å². The van der Waals surface area contributed by atoms with Crippen molar-refractivity contribution in [3.05, 3.63) is 92.2 Å². The van der Waals surface area contributed by atoms with E-state index in [1.54, 1.807) is 40.4 Å². The number of nitrogens with two attached hydrogens (primary N) is 1. The van der Waals surface area contributed by atoms with E-state index in [2.05, 4.69) is 51.9 Å². The van der Waals surface area contributed by atoms with Gasteiger partial charge in [-0.15, -0.1) is 11.3 Å². The number of nitrogen functional groups attached to an aromatic ring is 1. The van der Waals surface area contributed by atoms with Crippen molar-refractivity contribution >= 4 is 92.8 Å². The number of anilines is 3. The van der Waals surface area contributed by atoms with Crippen molar-refractivity contribution in [1.82, 2.24) is 23.7 Å². The molecule has 6 N–H and O–H groups in total. The Balaban J connectivity index is 0.000000256. The number of carbonyl (C=O) groups is 5. The first kappa shape index (κ1) is 49.4. The quantitative estimate of drug-likeness (QED) is 0.0482. The van der Waals surface area contributed by atoms with Crippen molar-refractivity contribution in [3.63, 3.8) is 0 Å². The molecule has 1 unspecified atom stereocenters. The number of nitrogens with one attached hydrogen (secondary N) is 2. The van der Waals surface area contributed by atoms with Gasteiger partial charge in [-0.05, 0) is 106 Å². The minimum Gasteiger partial charge on any atom is -0.479 e. The van der Waals surface area contributed by atoms with Crippen LogP contribution in [0.2, 0.25) is 5.02 Å². The van der Waals surface area contributed by atoms with Crippen molar-refractivity contribution in [2.75, 3.05) is 48.7 Å². The van der Waals surface area contributed by atoms with Gasteiger partial charge in [-0.3, -0.25) is 24.0 Å². The van der Waals surface area contributed by atoms with Crippen molar-refractivity contribution in [2.45, 2.75) is 95.0 Å². The number of rotatable bonds is 11. The predicted molar refractivity (Wildman–Crippen MR) is 270 cm³/mol. The number of piperidine rings is 3. The Kier molecular flexibility index (Phi) is 15.0. The van der Waals surface area contributed by atoms with E-state index in [0.29, 0.717) is 41.7 Å². The fourth-order valence-electron chi connectivity index (χ4n) is 9.83. The fourth-order valence-corrected chi connectivity index (χ4v) is 12.4. The molecule has 0 saturated carbocycles. The Bertz CT molecular complexity index is 2850. The van der Waals surface area contributed by atoms with Crippen LogP contribution in [0.4, 0.5) is 21.9 Å². The summed E-state index contributed by atoms with van der Waals surface area (Å²) in [5.41, 5.74) is 12.7. The van der Waals surface area contributed by atoms with Gasteiger partial charge in [0.05, 0.1) is 15.9 Å². The summed E-state index contributed by atoms with van der Waals surface area (Å²) in [6.45, 7) is 7.38. The number of ether oxygens (including phenoxy) is 1. The summed E-state index contributed by atoms with van der Waals surface area (Å²) in [4.78, 5) is 77.7. The molecule has 366 valence electrons. The van der Waals surface area contributed by atoms with Crippen LogP contribution < -0.4 is 31.7 Å². The number of nitrogens with zero attached hydrogens (tertiary/aromatic N) is 5. The van der Waals surface area contributed by atoms with Gasteiger partial charge in [0.25, 0.3) is 0 Å². The number of urea groups is 1. The maximum absolute atomic E-state index is 13.5. The van der Waals surface area contributed by atoms with E-state index in [4.69, 9.17) is 32.3 Å². The van der Waals surface area contributed by atoms with Gasteiger partial charge >= 0.3 is 23.7 Å². The first-order valence-electron chi connectivity index (χ1n) is 23.2. The smallest absolute Gasteiger partial charge is 0.349 e. The van der Waals surface area contributed by atoms with Crippen LogP contribution in [-0.2, 0) is 33.6 Å². The molecule has 17 nitrogen and oxygen atoms in total. The second kappa shape index (κ2) is 20.9. The topological polar surface area (TPSA) is 222 Å². The third kappa shape index (κ3) is 10.8. The molecular formula is C49H57ClN8O9S2. The Labute approximate surface area is 412 Å². The zero-order valence-corrected chi connectivity index (χ0v) is 41.2. The van der Waals surface area contributed by atoms with E-state index in [0.717, 1.165) is 83.8 Å². The number of halogens is 1. The number of imide groups is 1. The van der Waals surface area contributed by atoms with E-state index >= 15 is 0 Å². The highest BCUT2D eigenvalue weighted by Crippen LogP contribution is 2.46. The van der Waals surface area contributed by atoms with Gasteiger partial charge in [0.1, 0.15) is 11.1 Å². The molecule has 1 atom stereocenters. The molecule has 2 aromatic heterocycles. The molecule has 4 amide bonds. The molecule has 0 radical (unpaired) electrons. The third-order valence-electron chi connectivity index (χ3n) is 13.3. The lowest BCUT2D eigenvalue weighted by atomic mass is 9.93. The summed E-state index contributed by atoms with van der Waals surface area (Å²) in [5, 5.41) is 23.4. The van der Waals surface area contributed by atoms with Gasteiger partial charge in [0.15, 0.2) is 17.2 Å². The van der Waals surface area contributed by atoms with Crippen molar-refractivity contribution < 1.29 is 38.9 Å². The highest BCUT2D eigenvalue weighted by atomic mass is 35.5. The van der Waals surface area contributed by atoms with E-state index < -0.39 is 30.5 Å². The minimum absolute atomic E-state index is 0.0547. The maximum Gasteiger partial charge on any atom is 0.349 e. The van der Waals surface area contributed by atoms with Crippen LogP contribution >= 0.6 is 34.9 Å². The molecule has 0 spiro atoms. The summed E-state index contributed by atoms with van der Waals surface area (Å²) in [6.07, 6.45) is 7.86. The predicted octanol–water partition coefficient (Wildman–Crippen LogP) is 7.99. The van der Waals surface area contributed by atoms with Crippen LogP contribution in [0.15, 0.2) is 65.5 Å². The average Bonchev–Trinajstić information content (AvgIpc) is 3.79. The van der Waals surface area contributed by atoms with Gasteiger partial charge in [-0.2, -0.15) is 0 Å². The van der Waals surface area contributed by atoms with E-state index in [1.807, 2.05) is 35.0 Å². The molecule has 20 heteroatoms. The van der Waals surface area contributed by atoms with Crippen molar-refractivity contribution in [3.8, 4) is 16.2 Å². The lowest BCUT2D eigenvalue weighted by Gasteiger charge is -2.42. The lowest BCUT2D eigenvalue weighted by molar-refractivity contribution is -0.139. The summed E-state index contributed by atoms with van der Waals surface area (Å²) in [6, 6.07) is 18.6. The standard InChI is InChI=1S/C36H47N7O4S.C13H10ClNO5S/c1-36(2)17-4-5-19-42(36)48-23-24-8-6-9-25(22-24)37-34(46)40-20-15-26(16-21-40)41-18-7-10-27-28(41)11-12-29-32(27)39(3)35(47)43(29)30-13-14-31(44)38-33(30)45;14-9-10(20-5-8(16)17)12(13(18)19)21-11(9)6-2-1-3-7(15)4-6/h6,8-9,11-12,22,26,30H,4-5,7,10,13-21,23H2,1-3H3,(H,37,46)(H,38,44,45);1-4H,5,15H2,(H,16,17)(H,18,19). The number of benzene rings is 3. The second-order valence-corrected chi connectivity index (χ2v) is 20.8. The van der Waals surface area contributed by atoms with Crippen LogP contribution in [0.3, 0.4) is 0 Å². The Morgan fingerprint density at radius 1 is 0.957 bits per heavy atom. The highest BCUT2D eigenvalue weighted by Gasteiger charge is 2.35. The number of hydrogen-bond acceptors (Lipinski definition) is 12. The van der Waals surface area contributed by atoms with E-state index in [9.17, 15) is 28.8 Å². The first-order chi connectivity index (χ1) is 33.0. The van der Waals surface area contributed by atoms with Crippen LogP contribution in [0.1, 0.15) is 92.1 Å². The lowest BCUT2D eigenvalue weighted by Crippen LogP contribution is -2.49. The number of fused-ring (bicyclic) bond motifs is 3. The summed E-state index contributed by atoms with van der Waals surface area (Å²) in [7, 11) is 1.77. The molecule has 0 aliphatic carbocycles. The molecule has 5 aromatic rings. The van der Waals surface area contributed by atoms with Gasteiger partial charge in [0.2, 0.25) is 11.8 Å². The fraction of sp³-hybridized carbons (Fsp3) is 0.429. The largest absolute Gasteiger partial charge is 0.479 e. The minimum atomic E-state index is -1.24. The molecule has 4 aliphatic heterocycles. The van der Waals surface area contributed by atoms with Crippen molar-refractivity contribution in [1.29, 1.82) is 0 Å². The molecular weight excluding hydrogens is 944 g/mol. The molecule has 9 rings (SSSR count). The Morgan fingerprint density at radius 3 is 2.43 bits per heavy atom.